The average Bonchev–Trinajstić information content (AvgIpc) is 3.65. The fraction of sp³-hybridized carbons (Fsp3) is 0.396. The smallest absolute Gasteiger partial charge is 1.00 e. The Kier molecular flexibility index (Phi) is 12.5. The molecule has 0 N–H and O–H groups in total. The maximum Gasteiger partial charge on any atom is -1.00 e. The molecule has 0 heterocycles. The van der Waals surface area contributed by atoms with E-state index in [0.717, 1.165) is 11.4 Å². The molecular formula is C48H57Cl3Zr. The van der Waals surface area contributed by atoms with Gasteiger partial charge in [0.05, 0.1) is 0 Å². The van der Waals surface area contributed by atoms with E-state index in [1.54, 1.807) is 14.4 Å². The van der Waals surface area contributed by atoms with E-state index in [9.17, 15) is 0 Å². The molecule has 2 aliphatic carbocycles. The molecule has 274 valence electrons. The van der Waals surface area contributed by atoms with Gasteiger partial charge in [0, 0.05) is 0 Å². The van der Waals surface area contributed by atoms with Gasteiger partial charge >= 0.3 is 318 Å². The van der Waals surface area contributed by atoms with Gasteiger partial charge in [0.25, 0.3) is 0 Å². The van der Waals surface area contributed by atoms with Gasteiger partial charge in [-0.3, -0.25) is 0 Å². The average molecular weight is 832 g/mol. The molecule has 0 amide bonds. The fourth-order valence-corrected chi connectivity index (χ4v) is 17.7. The molecule has 0 unspecified atom stereocenters. The van der Waals surface area contributed by atoms with Crippen LogP contribution < -0.4 is 28.1 Å². The molecule has 0 bridgehead atoms. The zero-order valence-corrected chi connectivity index (χ0v) is 38.3. The first kappa shape index (κ1) is 42.7. The number of fused-ring (bicyclic) bond motifs is 3. The zero-order chi connectivity index (χ0) is 36.6. The Hall–Kier alpha value is -2.02. The Labute approximate surface area is 340 Å². The van der Waals surface area contributed by atoms with Gasteiger partial charge in [-0.05, 0) is 0 Å². The van der Waals surface area contributed by atoms with Crippen LogP contribution in [0.2, 0.25) is 8.65 Å². The largest absolute Gasteiger partial charge is 1.00 e. The molecule has 0 radical (unpaired) electrons. The van der Waals surface area contributed by atoms with Gasteiger partial charge in [0.2, 0.25) is 0 Å². The number of benzene rings is 4. The summed E-state index contributed by atoms with van der Waals surface area (Å²) in [5.74, 6) is 0. The van der Waals surface area contributed by atoms with Crippen molar-refractivity contribution in [3.63, 3.8) is 0 Å². The van der Waals surface area contributed by atoms with Crippen molar-refractivity contribution in [2.45, 2.75) is 122 Å². The number of aryl methyl sites for hydroxylation is 1. The summed E-state index contributed by atoms with van der Waals surface area (Å²) in [6.07, 6.45) is 10.6. The van der Waals surface area contributed by atoms with Crippen LogP contribution in [-0.4, -0.2) is 3.21 Å². The van der Waals surface area contributed by atoms with Crippen molar-refractivity contribution in [2.75, 3.05) is 0 Å². The first-order chi connectivity index (χ1) is 23.2. The van der Waals surface area contributed by atoms with Crippen LogP contribution >= 0.6 is 11.6 Å². The molecule has 0 saturated heterocycles. The van der Waals surface area contributed by atoms with Crippen LogP contribution in [0, 0.1) is 6.92 Å². The first-order valence-corrected chi connectivity index (χ1v) is 22.7. The maximum atomic E-state index is 6.84. The Morgan fingerprint density at radius 3 is 1.67 bits per heavy atom. The third-order valence-electron chi connectivity index (χ3n) is 10.6. The third-order valence-corrected chi connectivity index (χ3v) is 18.8. The van der Waals surface area contributed by atoms with E-state index in [0.29, 0.717) is 3.63 Å². The predicted molar refractivity (Wildman–Crippen MR) is 217 cm³/mol. The van der Waals surface area contributed by atoms with Crippen molar-refractivity contribution in [3.05, 3.63) is 146 Å². The third kappa shape index (κ3) is 8.30. The van der Waals surface area contributed by atoms with Crippen molar-refractivity contribution in [3.8, 4) is 11.1 Å². The normalized spacial score (nSPS) is 14.5. The van der Waals surface area contributed by atoms with Gasteiger partial charge in [-0.2, -0.15) is 0 Å². The molecule has 0 fully saturated rings. The second-order valence-electron chi connectivity index (χ2n) is 18.9. The van der Waals surface area contributed by atoms with Gasteiger partial charge in [-0.25, -0.2) is 0 Å². The van der Waals surface area contributed by atoms with E-state index >= 15 is 0 Å². The summed E-state index contributed by atoms with van der Waals surface area (Å²) >= 11 is 3.87. The quantitative estimate of drug-likeness (QED) is 0.186. The van der Waals surface area contributed by atoms with Crippen LogP contribution in [0.5, 0.6) is 0 Å². The SMILES string of the molecule is Cc1ccc([C](c2cccc(Cl)c2)=[Zr+2]([c]2c3c(cc(C(C)(C)C)c2C(C)(C)C)-c2cc(C(C)(C)C)c(C(C)(C)C)cc2C3)[CH]2C=CC=C2)cc1.[Cl-].[Cl-]. The summed E-state index contributed by atoms with van der Waals surface area (Å²) in [6, 6.07) is 25.8. The van der Waals surface area contributed by atoms with Gasteiger partial charge < -0.3 is 24.8 Å². The van der Waals surface area contributed by atoms with Crippen LogP contribution in [0.15, 0.2) is 91.0 Å². The summed E-state index contributed by atoms with van der Waals surface area (Å²) in [6.45, 7) is 31.1. The minimum atomic E-state index is -2.97. The van der Waals surface area contributed by atoms with Crippen LogP contribution in [-0.2, 0) is 49.3 Å². The maximum absolute atomic E-state index is 6.84. The van der Waals surface area contributed by atoms with Crippen molar-refractivity contribution in [2.24, 2.45) is 0 Å². The number of rotatable bonds is 4. The molecule has 0 spiro atoms. The molecular weight excluding hydrogens is 774 g/mol. The summed E-state index contributed by atoms with van der Waals surface area (Å²) < 4.78 is 3.63. The van der Waals surface area contributed by atoms with E-state index in [2.05, 4.69) is 175 Å². The summed E-state index contributed by atoms with van der Waals surface area (Å²) in [5, 5.41) is 0.800. The van der Waals surface area contributed by atoms with Crippen molar-refractivity contribution < 1.29 is 46.1 Å². The summed E-state index contributed by atoms with van der Waals surface area (Å²) in [4.78, 5) is 0. The van der Waals surface area contributed by atoms with Crippen LogP contribution in [0.3, 0.4) is 0 Å². The van der Waals surface area contributed by atoms with E-state index in [4.69, 9.17) is 11.6 Å². The minimum absolute atomic E-state index is 0. The van der Waals surface area contributed by atoms with E-state index < -0.39 is 21.3 Å². The number of allylic oxidation sites excluding steroid dienone is 4. The zero-order valence-electron chi connectivity index (χ0n) is 33.6. The number of hydrogen-bond donors (Lipinski definition) is 0. The van der Waals surface area contributed by atoms with Gasteiger partial charge in [0.15, 0.2) is 0 Å². The van der Waals surface area contributed by atoms with Crippen LogP contribution in [0.4, 0.5) is 0 Å². The van der Waals surface area contributed by atoms with E-state index in [1.807, 2.05) is 6.07 Å². The topological polar surface area (TPSA) is 0 Å². The Morgan fingerprint density at radius 2 is 1.15 bits per heavy atom. The van der Waals surface area contributed by atoms with Gasteiger partial charge in [0.1, 0.15) is 0 Å². The minimum Gasteiger partial charge on any atom is -1.00 e. The molecule has 4 aromatic carbocycles. The van der Waals surface area contributed by atoms with Gasteiger partial charge in [-0.15, -0.1) is 0 Å². The second-order valence-corrected chi connectivity index (χ2v) is 25.5. The Balaban J connectivity index is 0.00000302. The summed E-state index contributed by atoms with van der Waals surface area (Å²) in [5.41, 5.74) is 16.0. The second kappa shape index (κ2) is 15.3. The van der Waals surface area contributed by atoms with E-state index in [-0.39, 0.29) is 46.5 Å². The molecule has 0 aliphatic heterocycles. The summed E-state index contributed by atoms with van der Waals surface area (Å²) in [7, 11) is 0. The Morgan fingerprint density at radius 1 is 0.615 bits per heavy atom. The Bertz CT molecular complexity index is 2050. The predicted octanol–water partition coefficient (Wildman–Crippen LogP) is 6.84. The first-order valence-electron chi connectivity index (χ1n) is 18.5. The van der Waals surface area contributed by atoms with Crippen molar-refractivity contribution >= 4 is 18.1 Å². The molecule has 6 rings (SSSR count). The molecule has 0 nitrogen and oxygen atoms in total. The van der Waals surface area contributed by atoms with Crippen molar-refractivity contribution in [1.29, 1.82) is 0 Å². The van der Waals surface area contributed by atoms with E-state index in [1.165, 1.54) is 53.3 Å². The monoisotopic (exact) mass is 828 g/mol. The van der Waals surface area contributed by atoms with Crippen molar-refractivity contribution in [1.82, 2.24) is 0 Å². The van der Waals surface area contributed by atoms with Gasteiger partial charge in [-0.1, -0.05) is 0 Å². The molecule has 2 aliphatic rings. The standard InChI is InChI=1S/C29H41.C14H11Cl.C5H5.2ClH.Zr/c1-26(2,3)22-14-18-13-19-15-23(27(4,5)6)25(29(10,11)12)17-21(19)20(18)16-24(22)28(7,8)9;1-11-5-7-12(8-6-11)9-13-3-2-4-14(15)10-13;1-2-4-5-3-1;;;/h14,16-17H,13H2,1-12H3;2-8,10H,1H3;1-5H;2*1H;/q;;;;;+2/p-2. The molecule has 4 aromatic rings. The molecule has 52 heavy (non-hydrogen) atoms. The van der Waals surface area contributed by atoms with Crippen LogP contribution in [0.25, 0.3) is 11.1 Å². The molecule has 0 atom stereocenters. The molecule has 4 heteroatoms. The van der Waals surface area contributed by atoms with Crippen LogP contribution in [0.1, 0.15) is 133 Å². The fourth-order valence-electron chi connectivity index (χ4n) is 8.21. The number of halogens is 3. The molecule has 0 aromatic heterocycles. The number of hydrogen-bond acceptors (Lipinski definition) is 0. The molecule has 0 saturated carbocycles.